The quantitative estimate of drug-likeness (QED) is 0.155. The van der Waals surface area contributed by atoms with E-state index >= 15 is 0 Å². The molecule has 0 fully saturated rings. The highest BCUT2D eigenvalue weighted by atomic mass is 16.5. The van der Waals surface area contributed by atoms with Crippen molar-refractivity contribution in [3.05, 3.63) is 243 Å². The average molecular weight is 913 g/mol. The van der Waals surface area contributed by atoms with Crippen molar-refractivity contribution in [3.8, 4) is 89.8 Å². The highest BCUT2D eigenvalue weighted by Gasteiger charge is 2.28. The van der Waals surface area contributed by atoms with E-state index in [0.29, 0.717) is 0 Å². The summed E-state index contributed by atoms with van der Waals surface area (Å²) >= 11 is 0. The molecule has 0 bridgehead atoms. The molecule has 72 heavy (non-hydrogen) atoms. The van der Waals surface area contributed by atoms with Gasteiger partial charge in [-0.05, 0) is 239 Å². The lowest BCUT2D eigenvalue weighted by Gasteiger charge is -2.19. The van der Waals surface area contributed by atoms with Gasteiger partial charge in [-0.1, -0.05) is 146 Å². The fraction of sp³-hybridized carbons (Fsp3) is 0. The van der Waals surface area contributed by atoms with Gasteiger partial charge in [0, 0.05) is 0 Å². The molecule has 2 aliphatic rings. The summed E-state index contributed by atoms with van der Waals surface area (Å²) in [4.78, 5) is 0. The first-order chi connectivity index (χ1) is 35.7. The van der Waals surface area contributed by atoms with Crippen LogP contribution in [0.2, 0.25) is 0 Å². The third-order valence-electron chi connectivity index (χ3n) is 15.5. The molecule has 0 saturated heterocycles. The summed E-state index contributed by atoms with van der Waals surface area (Å²) < 4.78 is 13.1. The molecule has 0 amide bonds. The molecule has 0 aromatic heterocycles. The van der Waals surface area contributed by atoms with Crippen LogP contribution in [0.25, 0.3) is 142 Å². The van der Waals surface area contributed by atoms with Crippen LogP contribution in [0.3, 0.4) is 0 Å². The highest BCUT2D eigenvalue weighted by Crippen LogP contribution is 2.55. The SMILES string of the molecule is c1ccc(Oc2cccc(-c3cc4c5cc6c(cc5c(-c5cccc(Oc7ccccc7)c5)cc4c4cc5c(cc34)-c3cc4ccccc4c4cccc-5c34)-c3cc4ccccc4c4cccc-6c34)c2)cc1. The number of benzene rings is 14. The molecule has 0 spiro atoms. The monoisotopic (exact) mass is 912 g/mol. The third-order valence-corrected chi connectivity index (χ3v) is 15.5. The molecule has 0 unspecified atom stereocenters. The molecule has 0 heterocycles. The minimum atomic E-state index is 0.797. The summed E-state index contributed by atoms with van der Waals surface area (Å²) in [5, 5.41) is 17.5. The van der Waals surface area contributed by atoms with Crippen LogP contribution in [0, 0.1) is 0 Å². The van der Waals surface area contributed by atoms with Gasteiger partial charge in [-0.15, -0.1) is 0 Å². The van der Waals surface area contributed by atoms with Crippen LogP contribution in [0.4, 0.5) is 0 Å². The van der Waals surface area contributed by atoms with Crippen LogP contribution >= 0.6 is 0 Å². The predicted octanol–water partition coefficient (Wildman–Crippen LogP) is 20.0. The Morgan fingerprint density at radius 1 is 0.181 bits per heavy atom. The van der Waals surface area contributed by atoms with Crippen LogP contribution in [-0.2, 0) is 0 Å². The van der Waals surface area contributed by atoms with Gasteiger partial charge in [0.05, 0.1) is 0 Å². The van der Waals surface area contributed by atoms with Crippen molar-refractivity contribution in [2.75, 3.05) is 0 Å². The third kappa shape index (κ3) is 5.78. The van der Waals surface area contributed by atoms with Crippen molar-refractivity contribution in [1.82, 2.24) is 0 Å². The zero-order valence-corrected chi connectivity index (χ0v) is 38.9. The molecule has 16 rings (SSSR count). The maximum Gasteiger partial charge on any atom is 0.128 e. The van der Waals surface area contributed by atoms with Crippen molar-refractivity contribution in [2.45, 2.75) is 0 Å². The molecule has 0 radical (unpaired) electrons. The lowest BCUT2D eigenvalue weighted by Crippen LogP contribution is -1.92. The second-order valence-corrected chi connectivity index (χ2v) is 19.5. The molecular weight excluding hydrogens is 873 g/mol. The van der Waals surface area contributed by atoms with Gasteiger partial charge >= 0.3 is 0 Å². The van der Waals surface area contributed by atoms with Crippen LogP contribution in [0.15, 0.2) is 243 Å². The second-order valence-electron chi connectivity index (χ2n) is 19.5. The topological polar surface area (TPSA) is 18.5 Å². The van der Waals surface area contributed by atoms with E-state index in [1.807, 2.05) is 60.7 Å². The summed E-state index contributed by atoms with van der Waals surface area (Å²) in [5.41, 5.74) is 14.7. The minimum Gasteiger partial charge on any atom is -0.457 e. The van der Waals surface area contributed by atoms with Crippen molar-refractivity contribution < 1.29 is 9.47 Å². The van der Waals surface area contributed by atoms with Crippen LogP contribution in [-0.4, -0.2) is 0 Å². The number of fused-ring (bicyclic) bond motifs is 15. The number of rotatable bonds is 6. The number of ether oxygens (including phenoxy) is 2. The molecule has 0 N–H and O–H groups in total. The highest BCUT2D eigenvalue weighted by molar-refractivity contribution is 6.31. The first-order valence-corrected chi connectivity index (χ1v) is 24.8. The van der Waals surface area contributed by atoms with Gasteiger partial charge in [0.25, 0.3) is 0 Å². The predicted molar refractivity (Wildman–Crippen MR) is 302 cm³/mol. The number of hydrogen-bond donors (Lipinski definition) is 0. The molecular formula is C70H40O2. The zero-order valence-electron chi connectivity index (χ0n) is 38.9. The Balaban J connectivity index is 1.03. The summed E-state index contributed by atoms with van der Waals surface area (Å²) in [5.74, 6) is 3.21. The number of para-hydroxylation sites is 2. The summed E-state index contributed by atoms with van der Waals surface area (Å²) in [6.07, 6.45) is 0. The second kappa shape index (κ2) is 15.0. The summed E-state index contributed by atoms with van der Waals surface area (Å²) in [7, 11) is 0. The molecule has 2 aliphatic carbocycles. The van der Waals surface area contributed by atoms with Gasteiger partial charge < -0.3 is 9.47 Å². The van der Waals surface area contributed by atoms with Gasteiger partial charge in [0.15, 0.2) is 0 Å². The molecule has 332 valence electrons. The van der Waals surface area contributed by atoms with E-state index in [-0.39, 0.29) is 0 Å². The van der Waals surface area contributed by atoms with Crippen molar-refractivity contribution in [3.63, 3.8) is 0 Å². The fourth-order valence-corrected chi connectivity index (χ4v) is 12.4. The Morgan fingerprint density at radius 3 is 1.00 bits per heavy atom. The van der Waals surface area contributed by atoms with Crippen LogP contribution in [0.5, 0.6) is 23.0 Å². The van der Waals surface area contributed by atoms with E-state index in [0.717, 1.165) is 45.3 Å². The van der Waals surface area contributed by atoms with E-state index < -0.39 is 0 Å². The molecule has 2 heteroatoms. The van der Waals surface area contributed by atoms with E-state index in [9.17, 15) is 0 Å². The van der Waals surface area contributed by atoms with Gasteiger partial charge in [0.1, 0.15) is 23.0 Å². The largest absolute Gasteiger partial charge is 0.457 e. The smallest absolute Gasteiger partial charge is 0.128 e. The Morgan fingerprint density at radius 2 is 0.528 bits per heavy atom. The van der Waals surface area contributed by atoms with Gasteiger partial charge in [0.2, 0.25) is 0 Å². The van der Waals surface area contributed by atoms with E-state index in [4.69, 9.17) is 9.47 Å². The summed E-state index contributed by atoms with van der Waals surface area (Å²) in [6.45, 7) is 0. The Hall–Kier alpha value is -9.50. The molecule has 0 aliphatic heterocycles. The van der Waals surface area contributed by atoms with Crippen LogP contribution < -0.4 is 9.47 Å². The fourth-order valence-electron chi connectivity index (χ4n) is 12.4. The lowest BCUT2D eigenvalue weighted by molar-refractivity contribution is 0.482. The Labute approximate surface area is 415 Å². The first-order valence-electron chi connectivity index (χ1n) is 24.8. The summed E-state index contributed by atoms with van der Waals surface area (Å²) in [6, 6.07) is 88.5. The number of hydrogen-bond acceptors (Lipinski definition) is 2. The van der Waals surface area contributed by atoms with E-state index in [2.05, 4.69) is 182 Å². The lowest BCUT2D eigenvalue weighted by atomic mass is 9.84. The van der Waals surface area contributed by atoms with Crippen LogP contribution in [0.1, 0.15) is 0 Å². The normalized spacial score (nSPS) is 12.2. The van der Waals surface area contributed by atoms with E-state index in [1.54, 1.807) is 0 Å². The maximum atomic E-state index is 6.54. The standard InChI is InChI=1S/C70H40O2/c1-3-19-45(20-4-1)71-47-23-11-17-41(31-47)55-35-61-62(63-37-57-53-29-13-27-51-49-25-9-7-15-43(49)33-67(69(51)53)65(57)39-59(55)63)36-56(42-18-12-24-48(32-42)72-46-21-5-2-6-22-46)60-40-66-58(38-64(60)61)54-30-14-28-52-50-26-10-8-16-44(50)34-68(66)70(52)54/h1-40H. The molecule has 2 nitrogen and oxygen atoms in total. The molecule has 14 aromatic carbocycles. The van der Waals surface area contributed by atoms with Gasteiger partial charge in [-0.25, -0.2) is 0 Å². The Kier molecular flexibility index (Phi) is 8.20. The van der Waals surface area contributed by atoms with Crippen molar-refractivity contribution in [1.29, 1.82) is 0 Å². The molecule has 0 saturated carbocycles. The minimum absolute atomic E-state index is 0.797. The van der Waals surface area contributed by atoms with Crippen molar-refractivity contribution >= 4 is 75.4 Å². The first kappa shape index (κ1) is 39.4. The van der Waals surface area contributed by atoms with E-state index in [1.165, 1.54) is 120 Å². The van der Waals surface area contributed by atoms with Gasteiger partial charge in [-0.2, -0.15) is 0 Å². The van der Waals surface area contributed by atoms with Crippen molar-refractivity contribution in [2.24, 2.45) is 0 Å². The zero-order chi connectivity index (χ0) is 47.0. The molecule has 14 aromatic rings. The Bertz CT molecular complexity index is 4370. The van der Waals surface area contributed by atoms with Gasteiger partial charge in [-0.3, -0.25) is 0 Å². The average Bonchev–Trinajstić information content (AvgIpc) is 3.91. The maximum absolute atomic E-state index is 6.54. The molecule has 0 atom stereocenters.